The number of amides is 1. The van der Waals surface area contributed by atoms with Gasteiger partial charge in [0.2, 0.25) is 5.91 Å². The van der Waals surface area contributed by atoms with Gasteiger partial charge in [0.1, 0.15) is 5.75 Å². The maximum absolute atomic E-state index is 12.8. The van der Waals surface area contributed by atoms with E-state index in [9.17, 15) is 9.90 Å². The molecule has 0 radical (unpaired) electrons. The third-order valence-electron chi connectivity index (χ3n) is 5.71. The molecule has 1 aromatic carbocycles. The predicted octanol–water partition coefficient (Wildman–Crippen LogP) is 2.59. The third-order valence-corrected chi connectivity index (χ3v) is 5.71. The zero-order valence-corrected chi connectivity index (χ0v) is 15.4. The van der Waals surface area contributed by atoms with E-state index in [4.69, 9.17) is 4.74 Å². The fraction of sp³-hybridized carbons (Fsp3) is 0.650. The molecule has 138 valence electrons. The zero-order chi connectivity index (χ0) is 17.8. The molecule has 0 unspecified atom stereocenters. The monoisotopic (exact) mass is 346 g/mol. The van der Waals surface area contributed by atoms with Gasteiger partial charge >= 0.3 is 0 Å². The molecule has 0 bridgehead atoms. The van der Waals surface area contributed by atoms with Crippen LogP contribution in [0, 0.1) is 0 Å². The number of methoxy groups -OCH3 is 1. The Morgan fingerprint density at radius 2 is 2.08 bits per heavy atom. The van der Waals surface area contributed by atoms with Gasteiger partial charge in [-0.1, -0.05) is 31.4 Å². The number of rotatable bonds is 5. The van der Waals surface area contributed by atoms with Crippen molar-refractivity contribution in [2.24, 2.45) is 0 Å². The highest BCUT2D eigenvalue weighted by Crippen LogP contribution is 2.33. The summed E-state index contributed by atoms with van der Waals surface area (Å²) in [4.78, 5) is 16.8. The summed E-state index contributed by atoms with van der Waals surface area (Å²) in [5.41, 5.74) is 1.10. The van der Waals surface area contributed by atoms with Crippen LogP contribution in [0.5, 0.6) is 5.75 Å². The van der Waals surface area contributed by atoms with Crippen LogP contribution in [0.2, 0.25) is 0 Å². The van der Waals surface area contributed by atoms with E-state index < -0.39 is 0 Å². The second kappa shape index (κ2) is 8.19. The summed E-state index contributed by atoms with van der Waals surface area (Å²) >= 11 is 0. The van der Waals surface area contributed by atoms with E-state index in [0.29, 0.717) is 25.6 Å². The summed E-state index contributed by atoms with van der Waals surface area (Å²) in [5.74, 6) is 0.971. The fourth-order valence-corrected chi connectivity index (χ4v) is 4.21. The summed E-state index contributed by atoms with van der Waals surface area (Å²) in [6, 6.07) is 8.38. The average molecular weight is 346 g/mol. The Kier molecular flexibility index (Phi) is 5.97. The SMILES string of the molecule is COc1cccc([C@H]2C[C@@H](O)CN2CC(=O)N(C)C2CCCCC2)c1. The van der Waals surface area contributed by atoms with Gasteiger partial charge in [-0.05, 0) is 37.0 Å². The standard InChI is InChI=1S/C20H30N2O3/c1-21(16-8-4-3-5-9-16)20(24)14-22-13-17(23)12-19(22)15-7-6-10-18(11-15)25-2/h6-7,10-11,16-17,19,23H,3-5,8-9,12-14H2,1-2H3/t17-,19-/m1/s1. The van der Waals surface area contributed by atoms with Crippen LogP contribution in [0.15, 0.2) is 24.3 Å². The van der Waals surface area contributed by atoms with Gasteiger partial charge in [0, 0.05) is 25.7 Å². The van der Waals surface area contributed by atoms with Crippen molar-refractivity contribution in [1.29, 1.82) is 0 Å². The third kappa shape index (κ3) is 4.33. The molecule has 2 fully saturated rings. The summed E-state index contributed by atoms with van der Waals surface area (Å²) in [7, 11) is 3.59. The molecule has 1 saturated carbocycles. The van der Waals surface area contributed by atoms with Gasteiger partial charge in [-0.2, -0.15) is 0 Å². The lowest BCUT2D eigenvalue weighted by molar-refractivity contribution is -0.134. The lowest BCUT2D eigenvalue weighted by Gasteiger charge is -2.33. The van der Waals surface area contributed by atoms with E-state index in [1.54, 1.807) is 7.11 Å². The highest BCUT2D eigenvalue weighted by atomic mass is 16.5. The largest absolute Gasteiger partial charge is 0.497 e. The van der Waals surface area contributed by atoms with Gasteiger partial charge in [-0.25, -0.2) is 0 Å². The number of benzene rings is 1. The van der Waals surface area contributed by atoms with Gasteiger partial charge in [0.15, 0.2) is 0 Å². The van der Waals surface area contributed by atoms with Crippen LogP contribution in [0.3, 0.4) is 0 Å². The molecule has 1 amide bonds. The summed E-state index contributed by atoms with van der Waals surface area (Å²) in [6.07, 6.45) is 6.23. The molecule has 1 N–H and O–H groups in total. The number of hydrogen-bond donors (Lipinski definition) is 1. The smallest absolute Gasteiger partial charge is 0.236 e. The van der Waals surface area contributed by atoms with Crippen LogP contribution in [-0.2, 0) is 4.79 Å². The summed E-state index contributed by atoms with van der Waals surface area (Å²) < 4.78 is 5.32. The zero-order valence-electron chi connectivity index (χ0n) is 15.4. The van der Waals surface area contributed by atoms with Crippen LogP contribution in [-0.4, -0.2) is 60.2 Å². The fourth-order valence-electron chi connectivity index (χ4n) is 4.21. The van der Waals surface area contributed by atoms with E-state index in [-0.39, 0.29) is 18.1 Å². The molecular weight excluding hydrogens is 316 g/mol. The summed E-state index contributed by atoms with van der Waals surface area (Å²) in [6.45, 7) is 0.915. The molecule has 5 nitrogen and oxygen atoms in total. The molecule has 1 saturated heterocycles. The van der Waals surface area contributed by atoms with Crippen LogP contribution in [0.25, 0.3) is 0 Å². The van der Waals surface area contributed by atoms with E-state index >= 15 is 0 Å². The normalized spacial score (nSPS) is 25.1. The van der Waals surface area contributed by atoms with Crippen molar-refractivity contribution in [3.63, 3.8) is 0 Å². The van der Waals surface area contributed by atoms with Gasteiger partial charge in [0.25, 0.3) is 0 Å². The second-order valence-electron chi connectivity index (χ2n) is 7.41. The minimum atomic E-state index is -0.385. The number of likely N-dealkylation sites (N-methyl/N-ethyl adjacent to an activating group) is 1. The van der Waals surface area contributed by atoms with Gasteiger partial charge < -0.3 is 14.7 Å². The van der Waals surface area contributed by atoms with Gasteiger partial charge in [-0.15, -0.1) is 0 Å². The van der Waals surface area contributed by atoms with Crippen molar-refractivity contribution in [2.45, 2.75) is 56.7 Å². The predicted molar refractivity (Wildman–Crippen MR) is 97.6 cm³/mol. The highest BCUT2D eigenvalue weighted by molar-refractivity contribution is 5.78. The molecule has 1 aliphatic heterocycles. The Morgan fingerprint density at radius 1 is 1.32 bits per heavy atom. The number of hydrogen-bond acceptors (Lipinski definition) is 4. The van der Waals surface area contributed by atoms with E-state index in [2.05, 4.69) is 4.90 Å². The molecule has 2 atom stereocenters. The Morgan fingerprint density at radius 3 is 2.80 bits per heavy atom. The Labute approximate surface area is 150 Å². The van der Waals surface area contributed by atoms with Crippen LogP contribution in [0.1, 0.15) is 50.1 Å². The number of carbonyl (C=O) groups is 1. The Hall–Kier alpha value is -1.59. The van der Waals surface area contributed by atoms with Crippen molar-refractivity contribution in [3.05, 3.63) is 29.8 Å². The number of aliphatic hydroxyl groups is 1. The number of ether oxygens (including phenoxy) is 1. The number of aliphatic hydroxyl groups excluding tert-OH is 1. The highest BCUT2D eigenvalue weighted by Gasteiger charge is 2.34. The lowest BCUT2D eigenvalue weighted by Crippen LogP contribution is -2.44. The molecule has 3 rings (SSSR count). The molecule has 0 spiro atoms. The van der Waals surface area contributed by atoms with Crippen LogP contribution < -0.4 is 4.74 Å². The number of nitrogens with zero attached hydrogens (tertiary/aromatic N) is 2. The molecule has 25 heavy (non-hydrogen) atoms. The molecule has 1 aliphatic carbocycles. The van der Waals surface area contributed by atoms with Crippen molar-refractivity contribution < 1.29 is 14.6 Å². The van der Waals surface area contributed by atoms with Crippen molar-refractivity contribution in [2.75, 3.05) is 27.2 Å². The van der Waals surface area contributed by atoms with Crippen molar-refractivity contribution >= 4 is 5.91 Å². The maximum Gasteiger partial charge on any atom is 0.236 e. The maximum atomic E-state index is 12.8. The number of β-amino-alcohol motifs (C(OH)–C–C–N with tert-alkyl or cyclic N) is 1. The number of carbonyl (C=O) groups excluding carboxylic acids is 1. The molecular formula is C20H30N2O3. The molecule has 2 aliphatic rings. The minimum absolute atomic E-state index is 0.0637. The first kappa shape index (κ1) is 18.2. The first-order chi connectivity index (χ1) is 12.1. The molecule has 5 heteroatoms. The van der Waals surface area contributed by atoms with E-state index in [0.717, 1.165) is 24.2 Å². The molecule has 1 heterocycles. The van der Waals surface area contributed by atoms with E-state index in [1.807, 2.05) is 36.2 Å². The van der Waals surface area contributed by atoms with Crippen LogP contribution in [0.4, 0.5) is 0 Å². The topological polar surface area (TPSA) is 53.0 Å². The van der Waals surface area contributed by atoms with Crippen molar-refractivity contribution in [1.82, 2.24) is 9.80 Å². The van der Waals surface area contributed by atoms with Gasteiger partial charge in [-0.3, -0.25) is 9.69 Å². The van der Waals surface area contributed by atoms with Gasteiger partial charge in [0.05, 0.1) is 19.8 Å². The quantitative estimate of drug-likeness (QED) is 0.890. The Bertz CT molecular complexity index is 586. The first-order valence-corrected chi connectivity index (χ1v) is 9.40. The first-order valence-electron chi connectivity index (χ1n) is 9.40. The number of likely N-dealkylation sites (tertiary alicyclic amines) is 1. The second-order valence-corrected chi connectivity index (χ2v) is 7.41. The van der Waals surface area contributed by atoms with E-state index in [1.165, 1.54) is 19.3 Å². The van der Waals surface area contributed by atoms with Crippen LogP contribution >= 0.6 is 0 Å². The minimum Gasteiger partial charge on any atom is -0.497 e. The average Bonchev–Trinajstić information content (AvgIpc) is 3.02. The summed E-state index contributed by atoms with van der Waals surface area (Å²) in [5, 5.41) is 10.2. The molecule has 0 aromatic heterocycles. The Balaban J connectivity index is 1.67. The lowest BCUT2D eigenvalue weighted by atomic mass is 9.94. The molecule has 1 aromatic rings. The van der Waals surface area contributed by atoms with Crippen molar-refractivity contribution in [3.8, 4) is 5.75 Å².